The van der Waals surface area contributed by atoms with Crippen molar-refractivity contribution in [2.45, 2.75) is 31.2 Å². The van der Waals surface area contributed by atoms with Crippen LogP contribution in [0.15, 0.2) is 42.5 Å². The molecule has 2 aromatic rings. The van der Waals surface area contributed by atoms with E-state index in [2.05, 4.69) is 10.6 Å². The molecule has 3 N–H and O–H groups in total. The fourth-order valence-corrected chi connectivity index (χ4v) is 5.35. The van der Waals surface area contributed by atoms with Crippen molar-refractivity contribution in [1.82, 2.24) is 10.2 Å². The van der Waals surface area contributed by atoms with E-state index < -0.39 is 53.1 Å². The molecule has 0 aliphatic carbocycles. The first-order chi connectivity index (χ1) is 14.8. The number of imide groups is 1. The fourth-order valence-electron chi connectivity index (χ4n) is 5.13. The molecular formula is C22H19ClFN3O4. The number of carbonyl (C=O) groups excluding carboxylic acids is 3. The van der Waals surface area contributed by atoms with Crippen molar-refractivity contribution in [3.63, 3.8) is 0 Å². The highest BCUT2D eigenvalue weighted by Gasteiger charge is 2.71. The first-order valence-corrected chi connectivity index (χ1v) is 10.3. The van der Waals surface area contributed by atoms with E-state index in [1.807, 2.05) is 0 Å². The molecule has 0 saturated carbocycles. The zero-order chi connectivity index (χ0) is 22.1. The van der Waals surface area contributed by atoms with Crippen LogP contribution < -0.4 is 10.6 Å². The Morgan fingerprint density at radius 3 is 2.55 bits per heavy atom. The summed E-state index contributed by atoms with van der Waals surface area (Å²) in [5.74, 6) is -3.87. The molecule has 7 nitrogen and oxygen atoms in total. The maximum Gasteiger partial charge on any atom is 0.250 e. The summed E-state index contributed by atoms with van der Waals surface area (Å²) in [6.45, 7) is 1.47. The molecule has 3 unspecified atom stereocenters. The Bertz CT molecular complexity index is 1120. The molecule has 1 spiro atoms. The van der Waals surface area contributed by atoms with Crippen LogP contribution in [0.2, 0.25) is 5.02 Å². The van der Waals surface area contributed by atoms with Gasteiger partial charge < -0.3 is 10.4 Å². The molecule has 2 fully saturated rings. The van der Waals surface area contributed by atoms with Crippen LogP contribution in [-0.2, 0) is 26.5 Å². The van der Waals surface area contributed by atoms with Gasteiger partial charge >= 0.3 is 0 Å². The monoisotopic (exact) mass is 443 g/mol. The van der Waals surface area contributed by atoms with Crippen molar-refractivity contribution in [2.24, 2.45) is 11.8 Å². The van der Waals surface area contributed by atoms with Crippen LogP contribution in [0.4, 0.5) is 10.1 Å². The highest BCUT2D eigenvalue weighted by Crippen LogP contribution is 2.54. The number of hydrogen-bond acceptors (Lipinski definition) is 5. The van der Waals surface area contributed by atoms with Crippen LogP contribution in [0.5, 0.6) is 0 Å². The summed E-state index contributed by atoms with van der Waals surface area (Å²) in [6, 6.07) is 9.69. The molecule has 2 saturated heterocycles. The van der Waals surface area contributed by atoms with E-state index in [-0.39, 0.29) is 6.54 Å². The molecule has 9 heteroatoms. The number of fused-ring (bicyclic) bond motifs is 4. The lowest BCUT2D eigenvalue weighted by Gasteiger charge is -2.30. The lowest BCUT2D eigenvalue weighted by atomic mass is 9.76. The Morgan fingerprint density at radius 1 is 1.16 bits per heavy atom. The number of aliphatic hydroxyl groups is 1. The molecule has 3 aliphatic heterocycles. The molecule has 2 aromatic carbocycles. The van der Waals surface area contributed by atoms with Crippen LogP contribution in [0.3, 0.4) is 0 Å². The van der Waals surface area contributed by atoms with Gasteiger partial charge in [0.2, 0.25) is 17.7 Å². The predicted octanol–water partition coefficient (Wildman–Crippen LogP) is 1.78. The van der Waals surface area contributed by atoms with Gasteiger partial charge in [-0.1, -0.05) is 35.9 Å². The Balaban J connectivity index is 1.61. The molecule has 31 heavy (non-hydrogen) atoms. The first kappa shape index (κ1) is 20.1. The van der Waals surface area contributed by atoms with Crippen LogP contribution in [0.1, 0.15) is 18.1 Å². The maximum absolute atomic E-state index is 13.5. The third kappa shape index (κ3) is 2.68. The second-order valence-electron chi connectivity index (χ2n) is 8.23. The van der Waals surface area contributed by atoms with E-state index in [1.165, 1.54) is 31.2 Å². The van der Waals surface area contributed by atoms with Crippen molar-refractivity contribution < 1.29 is 23.9 Å². The van der Waals surface area contributed by atoms with Crippen molar-refractivity contribution in [3.8, 4) is 0 Å². The molecule has 0 radical (unpaired) electrons. The fraction of sp³-hybridized carbons (Fsp3) is 0.318. The number of carbonyl (C=O) groups is 3. The van der Waals surface area contributed by atoms with Crippen molar-refractivity contribution in [1.29, 1.82) is 0 Å². The van der Waals surface area contributed by atoms with Crippen molar-refractivity contribution >= 4 is 35.0 Å². The van der Waals surface area contributed by atoms with Gasteiger partial charge in [0.05, 0.1) is 35.2 Å². The minimum atomic E-state index is -1.52. The summed E-state index contributed by atoms with van der Waals surface area (Å²) in [6.07, 6.45) is -0.995. The molecule has 3 amide bonds. The van der Waals surface area contributed by atoms with Crippen LogP contribution in [-0.4, -0.2) is 39.9 Å². The second-order valence-corrected chi connectivity index (χ2v) is 8.63. The van der Waals surface area contributed by atoms with E-state index in [9.17, 15) is 23.9 Å². The lowest BCUT2D eigenvalue weighted by molar-refractivity contribution is -0.143. The van der Waals surface area contributed by atoms with Gasteiger partial charge in [-0.3, -0.25) is 24.6 Å². The molecule has 0 bridgehead atoms. The SMILES string of the molecule is CC(O)C1NC2(C(=O)Nc3c(Cl)cccc32)[C@H]2C(=O)N(Cc3ccc(F)cc3)C(=O)[C@@H]12. The molecule has 5 rings (SSSR count). The van der Waals surface area contributed by atoms with E-state index >= 15 is 0 Å². The van der Waals surface area contributed by atoms with E-state index in [1.54, 1.807) is 18.2 Å². The number of aliphatic hydroxyl groups excluding tert-OH is 1. The average Bonchev–Trinajstić information content (AvgIpc) is 3.32. The van der Waals surface area contributed by atoms with Crippen LogP contribution >= 0.6 is 11.6 Å². The highest BCUT2D eigenvalue weighted by molar-refractivity contribution is 6.35. The standard InChI is InChI=1S/C22H19ClFN3O4/c1-10(28)17-15-16(20(30)27(19(15)29)9-11-5-7-12(24)8-6-11)22(26-17)13-3-2-4-14(23)18(13)25-21(22)31/h2-8,10,15-17,26,28H,9H2,1H3,(H,25,31)/t10?,15-,16-,17?,22?/m1/s1. The number of para-hydroxylation sites is 1. The third-order valence-electron chi connectivity index (χ3n) is 6.50. The molecule has 0 aromatic heterocycles. The lowest BCUT2D eigenvalue weighted by Crippen LogP contribution is -2.54. The van der Waals surface area contributed by atoms with Gasteiger partial charge in [0, 0.05) is 11.6 Å². The number of nitrogens with zero attached hydrogens (tertiary/aromatic N) is 1. The van der Waals surface area contributed by atoms with Gasteiger partial charge in [-0.25, -0.2) is 4.39 Å². The van der Waals surface area contributed by atoms with Gasteiger partial charge in [-0.15, -0.1) is 0 Å². The number of hydrogen-bond donors (Lipinski definition) is 3. The van der Waals surface area contributed by atoms with Crippen LogP contribution in [0.25, 0.3) is 0 Å². The highest BCUT2D eigenvalue weighted by atomic mass is 35.5. The topological polar surface area (TPSA) is 98.7 Å². The quantitative estimate of drug-likeness (QED) is 0.628. The number of halogens is 2. The molecule has 160 valence electrons. The zero-order valence-corrected chi connectivity index (χ0v) is 17.2. The summed E-state index contributed by atoms with van der Waals surface area (Å²) in [5.41, 5.74) is -0.0635. The van der Waals surface area contributed by atoms with E-state index in [4.69, 9.17) is 11.6 Å². The third-order valence-corrected chi connectivity index (χ3v) is 6.81. The van der Waals surface area contributed by atoms with Crippen molar-refractivity contribution in [3.05, 3.63) is 64.4 Å². The number of anilines is 1. The smallest absolute Gasteiger partial charge is 0.250 e. The van der Waals surface area contributed by atoms with Gasteiger partial charge in [0.1, 0.15) is 11.4 Å². The summed E-state index contributed by atoms with van der Waals surface area (Å²) < 4.78 is 13.3. The Hall–Kier alpha value is -2.81. The largest absolute Gasteiger partial charge is 0.392 e. The molecule has 3 aliphatic rings. The normalized spacial score (nSPS) is 30.0. The van der Waals surface area contributed by atoms with Crippen molar-refractivity contribution in [2.75, 3.05) is 5.32 Å². The number of rotatable bonds is 3. The summed E-state index contributed by atoms with van der Waals surface area (Å²) in [7, 11) is 0. The first-order valence-electron chi connectivity index (χ1n) is 9.91. The maximum atomic E-state index is 13.5. The molecular weight excluding hydrogens is 425 g/mol. The number of amides is 3. The Morgan fingerprint density at radius 2 is 1.87 bits per heavy atom. The summed E-state index contributed by atoms with van der Waals surface area (Å²) in [4.78, 5) is 41.2. The Labute approximate surface area is 182 Å². The van der Waals surface area contributed by atoms with Gasteiger partial charge in [-0.05, 0) is 30.7 Å². The second kappa shape index (κ2) is 6.85. The summed E-state index contributed by atoms with van der Waals surface area (Å²) in [5, 5.41) is 16.6. The van der Waals surface area contributed by atoms with Gasteiger partial charge in [0.25, 0.3) is 0 Å². The number of likely N-dealkylation sites (tertiary alicyclic amines) is 1. The minimum absolute atomic E-state index is 0.0441. The minimum Gasteiger partial charge on any atom is -0.392 e. The van der Waals surface area contributed by atoms with E-state index in [0.29, 0.717) is 21.8 Å². The van der Waals surface area contributed by atoms with Gasteiger partial charge in [0.15, 0.2) is 0 Å². The predicted molar refractivity (Wildman–Crippen MR) is 109 cm³/mol. The zero-order valence-electron chi connectivity index (χ0n) is 16.4. The molecule has 3 heterocycles. The average molecular weight is 444 g/mol. The van der Waals surface area contributed by atoms with Crippen LogP contribution in [0, 0.1) is 17.7 Å². The molecule has 5 atom stereocenters. The number of benzene rings is 2. The number of nitrogens with one attached hydrogen (secondary N) is 2. The summed E-state index contributed by atoms with van der Waals surface area (Å²) >= 11 is 6.27. The van der Waals surface area contributed by atoms with Gasteiger partial charge in [-0.2, -0.15) is 0 Å². The van der Waals surface area contributed by atoms with E-state index in [0.717, 1.165) is 4.90 Å². The Kier molecular flexibility index (Phi) is 4.44.